The van der Waals surface area contributed by atoms with Crippen molar-refractivity contribution in [3.05, 3.63) is 18.2 Å². The van der Waals surface area contributed by atoms with Gasteiger partial charge in [-0.05, 0) is 12.3 Å². The van der Waals surface area contributed by atoms with Gasteiger partial charge in [-0.2, -0.15) is 4.79 Å². The molecule has 0 heterocycles. The van der Waals surface area contributed by atoms with E-state index in [1.165, 1.54) is 6.08 Å². The number of rotatable bonds is 8. The quantitative estimate of drug-likeness (QED) is 0.172. The molecule has 0 radical (unpaired) electrons. The number of ketones is 1. The molecule has 2 N–H and O–H groups in total. The van der Waals surface area contributed by atoms with Crippen LogP contribution in [0.1, 0.15) is 26.7 Å². The van der Waals surface area contributed by atoms with Crippen LogP contribution in [0, 0.1) is 5.92 Å². The van der Waals surface area contributed by atoms with Crippen LogP contribution in [0.2, 0.25) is 0 Å². The van der Waals surface area contributed by atoms with E-state index >= 15 is 0 Å². The number of ether oxygens (including phenoxy) is 1. The van der Waals surface area contributed by atoms with E-state index in [4.69, 9.17) is 11.3 Å². The number of carbonyl (C=O) groups is 2. The molecule has 0 saturated carbocycles. The van der Waals surface area contributed by atoms with Crippen LogP contribution < -0.4 is 5.73 Å². The molecule has 100 valence electrons. The summed E-state index contributed by atoms with van der Waals surface area (Å²) in [6.45, 7) is 7.26. The number of carbonyl (C=O) groups excluding carboxylic acids is 2. The number of nitrogens with zero attached hydrogens (tertiary/aromatic N) is 2. The van der Waals surface area contributed by atoms with Gasteiger partial charge in [-0.15, -0.1) is 0 Å². The van der Waals surface area contributed by atoms with Gasteiger partial charge in [0.2, 0.25) is 0 Å². The Morgan fingerprint density at radius 1 is 1.50 bits per heavy atom. The number of nitrogens with two attached hydrogens (primary N) is 1. The molecule has 0 amide bonds. The first-order chi connectivity index (χ1) is 8.42. The van der Waals surface area contributed by atoms with Crippen molar-refractivity contribution in [2.75, 3.05) is 6.61 Å². The average Bonchev–Trinajstić information content (AvgIpc) is 2.25. The Morgan fingerprint density at radius 2 is 2.11 bits per heavy atom. The van der Waals surface area contributed by atoms with Crippen molar-refractivity contribution in [2.45, 2.75) is 32.7 Å². The van der Waals surface area contributed by atoms with Gasteiger partial charge in [0, 0.05) is 12.5 Å². The first kappa shape index (κ1) is 16.2. The molecule has 0 rings (SSSR count). The van der Waals surface area contributed by atoms with Crippen molar-refractivity contribution >= 4 is 17.5 Å². The Bertz CT molecular complexity index is 371. The van der Waals surface area contributed by atoms with Crippen LogP contribution in [0.4, 0.5) is 0 Å². The summed E-state index contributed by atoms with van der Waals surface area (Å²) >= 11 is 0. The molecule has 0 aliphatic heterocycles. The van der Waals surface area contributed by atoms with Gasteiger partial charge >= 0.3 is 11.7 Å². The first-order valence-corrected chi connectivity index (χ1v) is 5.71. The lowest BCUT2D eigenvalue weighted by Gasteiger charge is -2.11. The van der Waals surface area contributed by atoms with E-state index in [-0.39, 0.29) is 19.1 Å². The Hall–Kier alpha value is -1.78. The molecular formula is C12H19N3O3. The second-order valence-corrected chi connectivity index (χ2v) is 4.35. The molecule has 1 atom stereocenters. The minimum atomic E-state index is -0.973. The SMILES string of the molecule is C=CCOC(=O)C(=[N+]=[N-])C(=O)C[C@@H](N)CC(C)C. The second kappa shape index (κ2) is 8.33. The number of esters is 1. The van der Waals surface area contributed by atoms with Crippen LogP contribution in [-0.2, 0) is 14.3 Å². The smallest absolute Gasteiger partial charge is 0.441 e. The normalized spacial score (nSPS) is 11.6. The zero-order valence-electron chi connectivity index (χ0n) is 10.8. The van der Waals surface area contributed by atoms with Crippen molar-refractivity contribution in [1.29, 1.82) is 0 Å². The lowest BCUT2D eigenvalue weighted by Crippen LogP contribution is -2.33. The van der Waals surface area contributed by atoms with E-state index in [9.17, 15) is 9.59 Å². The maximum atomic E-state index is 11.7. The third-order valence-electron chi connectivity index (χ3n) is 2.11. The van der Waals surface area contributed by atoms with Crippen LogP contribution in [-0.4, -0.2) is 34.9 Å². The minimum Gasteiger partial charge on any atom is -0.453 e. The standard InChI is InChI=1S/C12H19N3O3/c1-4-5-18-12(17)11(15-14)10(16)7-9(13)6-8(2)3/h4,8-9H,1,5-7,13H2,2-3H3/t9-/m0/s1. The molecule has 6 nitrogen and oxygen atoms in total. The Balaban J connectivity index is 4.50. The summed E-state index contributed by atoms with van der Waals surface area (Å²) in [5, 5.41) is 0. The van der Waals surface area contributed by atoms with E-state index in [0.29, 0.717) is 12.3 Å². The fraction of sp³-hybridized carbons (Fsp3) is 0.583. The summed E-state index contributed by atoms with van der Waals surface area (Å²) < 4.78 is 4.62. The molecule has 0 aromatic heterocycles. The lowest BCUT2D eigenvalue weighted by atomic mass is 9.98. The molecule has 0 aromatic rings. The molecule has 0 fully saturated rings. The van der Waals surface area contributed by atoms with E-state index in [2.05, 4.69) is 16.1 Å². The van der Waals surface area contributed by atoms with Crippen LogP contribution in [0.5, 0.6) is 0 Å². The summed E-state index contributed by atoms with van der Waals surface area (Å²) in [6.07, 6.45) is 1.94. The van der Waals surface area contributed by atoms with Crippen molar-refractivity contribution in [2.24, 2.45) is 11.7 Å². The molecule has 6 heteroatoms. The number of hydrogen-bond acceptors (Lipinski definition) is 4. The summed E-state index contributed by atoms with van der Waals surface area (Å²) in [4.78, 5) is 25.7. The Morgan fingerprint density at radius 3 is 2.56 bits per heavy atom. The van der Waals surface area contributed by atoms with Crippen LogP contribution in [0.15, 0.2) is 12.7 Å². The van der Waals surface area contributed by atoms with Gasteiger partial charge in [-0.25, -0.2) is 4.79 Å². The van der Waals surface area contributed by atoms with Crippen LogP contribution in [0.3, 0.4) is 0 Å². The number of Topliss-reactive ketones (excluding diaryl/α,β-unsaturated/α-hetero) is 1. The van der Waals surface area contributed by atoms with Gasteiger partial charge in [0.15, 0.2) is 0 Å². The predicted molar refractivity (Wildman–Crippen MR) is 66.8 cm³/mol. The largest absolute Gasteiger partial charge is 0.453 e. The lowest BCUT2D eigenvalue weighted by molar-refractivity contribution is -0.141. The predicted octanol–water partition coefficient (Wildman–Crippen LogP) is 0.719. The molecule has 0 aliphatic carbocycles. The highest BCUT2D eigenvalue weighted by Gasteiger charge is 2.31. The maximum Gasteiger partial charge on any atom is 0.441 e. The zero-order valence-corrected chi connectivity index (χ0v) is 10.8. The fourth-order valence-electron chi connectivity index (χ4n) is 1.44. The van der Waals surface area contributed by atoms with Gasteiger partial charge in [-0.3, -0.25) is 4.79 Å². The molecule has 0 bridgehead atoms. The summed E-state index contributed by atoms with van der Waals surface area (Å²) in [5.74, 6) is -1.26. The van der Waals surface area contributed by atoms with Crippen molar-refractivity contribution in [3.8, 4) is 0 Å². The topological polar surface area (TPSA) is 106 Å². The van der Waals surface area contributed by atoms with Gasteiger partial charge in [0.05, 0.1) is 0 Å². The first-order valence-electron chi connectivity index (χ1n) is 5.71. The van der Waals surface area contributed by atoms with E-state index in [1.807, 2.05) is 13.8 Å². The highest BCUT2D eigenvalue weighted by atomic mass is 16.5. The highest BCUT2D eigenvalue weighted by molar-refractivity contribution is 6.62. The summed E-state index contributed by atoms with van der Waals surface area (Å²) in [7, 11) is 0. The molecule has 0 spiro atoms. The van der Waals surface area contributed by atoms with Gasteiger partial charge in [0.25, 0.3) is 5.78 Å². The minimum absolute atomic E-state index is 0.0524. The Kier molecular flexibility index (Phi) is 7.51. The monoisotopic (exact) mass is 253 g/mol. The summed E-state index contributed by atoms with van der Waals surface area (Å²) in [6, 6.07) is -0.374. The maximum absolute atomic E-state index is 11.7. The van der Waals surface area contributed by atoms with Crippen LogP contribution >= 0.6 is 0 Å². The number of hydrogen-bond donors (Lipinski definition) is 1. The van der Waals surface area contributed by atoms with Crippen molar-refractivity contribution < 1.29 is 19.1 Å². The van der Waals surface area contributed by atoms with Crippen LogP contribution in [0.25, 0.3) is 5.53 Å². The molecule has 0 saturated heterocycles. The van der Waals surface area contributed by atoms with E-state index in [1.54, 1.807) is 0 Å². The average molecular weight is 253 g/mol. The molecular weight excluding hydrogens is 234 g/mol. The van der Waals surface area contributed by atoms with Crippen molar-refractivity contribution in [1.82, 2.24) is 0 Å². The molecule has 0 aromatic carbocycles. The summed E-state index contributed by atoms with van der Waals surface area (Å²) in [5.41, 5.74) is 13.8. The highest BCUT2D eigenvalue weighted by Crippen LogP contribution is 2.06. The molecule has 18 heavy (non-hydrogen) atoms. The van der Waals surface area contributed by atoms with Crippen molar-refractivity contribution in [3.63, 3.8) is 0 Å². The third kappa shape index (κ3) is 6.08. The molecule has 0 aliphatic rings. The zero-order chi connectivity index (χ0) is 14.1. The van der Waals surface area contributed by atoms with E-state index < -0.39 is 17.5 Å². The molecule has 0 unspecified atom stereocenters. The van der Waals surface area contributed by atoms with Gasteiger partial charge in [0.1, 0.15) is 6.61 Å². The third-order valence-corrected chi connectivity index (χ3v) is 2.11. The van der Waals surface area contributed by atoms with Gasteiger partial charge in [-0.1, -0.05) is 26.5 Å². The second-order valence-electron chi connectivity index (χ2n) is 4.35. The van der Waals surface area contributed by atoms with E-state index in [0.717, 1.165) is 0 Å². The fourth-order valence-corrected chi connectivity index (χ4v) is 1.44. The van der Waals surface area contributed by atoms with Gasteiger partial charge < -0.3 is 16.0 Å². The Labute approximate surface area is 106 Å².